The van der Waals surface area contributed by atoms with E-state index in [1.165, 1.54) is 5.56 Å². The summed E-state index contributed by atoms with van der Waals surface area (Å²) in [6, 6.07) is 8.16. The van der Waals surface area contributed by atoms with Crippen molar-refractivity contribution in [3.05, 3.63) is 42.1 Å². The highest BCUT2D eigenvalue weighted by atomic mass is 16.1. The lowest BCUT2D eigenvalue weighted by Gasteiger charge is -2.25. The predicted octanol–water partition coefficient (Wildman–Crippen LogP) is 2.50. The van der Waals surface area contributed by atoms with Crippen molar-refractivity contribution in [1.82, 2.24) is 0 Å². The molecule has 1 aromatic rings. The minimum Gasteiger partial charge on any atom is -0.348 e. The Kier molecular flexibility index (Phi) is 2.14. The SMILES string of the molecule is C=C1N(C)c2ccccc2C1(C)CC=O. The third kappa shape index (κ3) is 1.21. The molecule has 1 aliphatic rings. The molecule has 1 unspecified atom stereocenters. The van der Waals surface area contributed by atoms with Gasteiger partial charge in [-0.2, -0.15) is 0 Å². The molecule has 1 atom stereocenters. The number of allylic oxidation sites excluding steroid dienone is 1. The molecule has 1 aliphatic heterocycles. The first-order valence-electron chi connectivity index (χ1n) is 5.07. The van der Waals surface area contributed by atoms with E-state index in [0.29, 0.717) is 6.42 Å². The van der Waals surface area contributed by atoms with E-state index in [2.05, 4.69) is 30.5 Å². The number of para-hydroxylation sites is 1. The van der Waals surface area contributed by atoms with Gasteiger partial charge in [-0.25, -0.2) is 0 Å². The highest BCUT2D eigenvalue weighted by Gasteiger charge is 2.40. The molecule has 0 amide bonds. The third-order valence-electron chi connectivity index (χ3n) is 3.39. The summed E-state index contributed by atoms with van der Waals surface area (Å²) in [5.74, 6) is 0. The second-order valence-corrected chi connectivity index (χ2v) is 4.23. The molecule has 0 N–H and O–H groups in total. The van der Waals surface area contributed by atoms with E-state index < -0.39 is 0 Å². The smallest absolute Gasteiger partial charge is 0.121 e. The maximum atomic E-state index is 10.8. The van der Waals surface area contributed by atoms with Crippen LogP contribution in [0.3, 0.4) is 0 Å². The van der Waals surface area contributed by atoms with Crippen LogP contribution in [0.4, 0.5) is 5.69 Å². The van der Waals surface area contributed by atoms with Crippen molar-refractivity contribution in [1.29, 1.82) is 0 Å². The number of fused-ring (bicyclic) bond motifs is 1. The van der Waals surface area contributed by atoms with Crippen LogP contribution in [0.2, 0.25) is 0 Å². The van der Waals surface area contributed by atoms with Crippen LogP contribution in [0, 0.1) is 0 Å². The Labute approximate surface area is 90.2 Å². The summed E-state index contributed by atoms with van der Waals surface area (Å²) in [4.78, 5) is 12.8. The zero-order chi connectivity index (χ0) is 11.1. The summed E-state index contributed by atoms with van der Waals surface area (Å²) in [5.41, 5.74) is 3.12. The van der Waals surface area contributed by atoms with E-state index >= 15 is 0 Å². The van der Waals surface area contributed by atoms with E-state index in [9.17, 15) is 4.79 Å². The normalized spacial score (nSPS) is 24.1. The van der Waals surface area contributed by atoms with Crippen molar-refractivity contribution in [2.24, 2.45) is 0 Å². The van der Waals surface area contributed by atoms with Crippen LogP contribution in [-0.2, 0) is 10.2 Å². The Bertz CT molecular complexity index is 424. The summed E-state index contributed by atoms with van der Waals surface area (Å²) in [7, 11) is 2.00. The summed E-state index contributed by atoms with van der Waals surface area (Å²) in [6.07, 6.45) is 1.47. The Hall–Kier alpha value is -1.57. The zero-order valence-electron chi connectivity index (χ0n) is 9.16. The summed E-state index contributed by atoms with van der Waals surface area (Å²) >= 11 is 0. The molecule has 1 heterocycles. The number of rotatable bonds is 2. The molecular formula is C13H15NO. The Morgan fingerprint density at radius 3 is 2.80 bits per heavy atom. The highest BCUT2D eigenvalue weighted by molar-refractivity contribution is 5.72. The molecule has 0 bridgehead atoms. The number of hydrogen-bond acceptors (Lipinski definition) is 2. The van der Waals surface area contributed by atoms with Crippen molar-refractivity contribution in [2.45, 2.75) is 18.8 Å². The first-order chi connectivity index (χ1) is 7.11. The lowest BCUT2D eigenvalue weighted by molar-refractivity contribution is -0.108. The van der Waals surface area contributed by atoms with Gasteiger partial charge in [0.15, 0.2) is 0 Å². The average molecular weight is 201 g/mol. The summed E-state index contributed by atoms with van der Waals surface area (Å²) in [5, 5.41) is 0. The van der Waals surface area contributed by atoms with Crippen LogP contribution < -0.4 is 4.90 Å². The fourth-order valence-electron chi connectivity index (χ4n) is 2.30. The molecule has 15 heavy (non-hydrogen) atoms. The number of carbonyl (C=O) groups is 1. The molecule has 0 saturated carbocycles. The topological polar surface area (TPSA) is 20.3 Å². The first-order valence-corrected chi connectivity index (χ1v) is 5.07. The molecule has 0 spiro atoms. The molecule has 0 radical (unpaired) electrons. The fourth-order valence-corrected chi connectivity index (χ4v) is 2.30. The number of benzene rings is 1. The van der Waals surface area contributed by atoms with Crippen LogP contribution in [-0.4, -0.2) is 13.3 Å². The Morgan fingerprint density at radius 2 is 2.13 bits per heavy atom. The molecule has 78 valence electrons. The summed E-state index contributed by atoms with van der Waals surface area (Å²) in [6.45, 7) is 6.16. The lowest BCUT2D eigenvalue weighted by atomic mass is 9.80. The highest BCUT2D eigenvalue weighted by Crippen LogP contribution is 2.47. The minimum atomic E-state index is -0.229. The van der Waals surface area contributed by atoms with Crippen LogP contribution in [0.25, 0.3) is 0 Å². The molecule has 0 aromatic heterocycles. The van der Waals surface area contributed by atoms with Gasteiger partial charge in [-0.05, 0) is 18.6 Å². The lowest BCUT2D eigenvalue weighted by Crippen LogP contribution is -2.25. The van der Waals surface area contributed by atoms with Gasteiger partial charge < -0.3 is 9.69 Å². The van der Waals surface area contributed by atoms with Crippen molar-refractivity contribution in [3.8, 4) is 0 Å². The van der Waals surface area contributed by atoms with Gasteiger partial charge in [0.05, 0.1) is 0 Å². The van der Waals surface area contributed by atoms with Crippen LogP contribution in [0.1, 0.15) is 18.9 Å². The average Bonchev–Trinajstić information content (AvgIpc) is 2.43. The Morgan fingerprint density at radius 1 is 1.47 bits per heavy atom. The second-order valence-electron chi connectivity index (χ2n) is 4.23. The van der Waals surface area contributed by atoms with Crippen molar-refractivity contribution in [3.63, 3.8) is 0 Å². The van der Waals surface area contributed by atoms with Crippen LogP contribution in [0.5, 0.6) is 0 Å². The molecular weight excluding hydrogens is 186 g/mol. The number of aldehydes is 1. The number of hydrogen-bond donors (Lipinski definition) is 0. The van der Waals surface area contributed by atoms with E-state index in [0.717, 1.165) is 17.7 Å². The van der Waals surface area contributed by atoms with Gasteiger partial charge in [0, 0.05) is 30.3 Å². The van der Waals surface area contributed by atoms with E-state index in [4.69, 9.17) is 0 Å². The number of anilines is 1. The molecule has 0 saturated heterocycles. The van der Waals surface area contributed by atoms with E-state index in [1.807, 2.05) is 19.2 Å². The van der Waals surface area contributed by atoms with Gasteiger partial charge in [-0.15, -0.1) is 0 Å². The van der Waals surface area contributed by atoms with E-state index in [-0.39, 0.29) is 5.41 Å². The first kappa shape index (κ1) is 9.97. The standard InChI is InChI=1S/C13H15NO/c1-10-13(2,8-9-15)11-6-4-5-7-12(11)14(10)3/h4-7,9H,1,8H2,2-3H3. The molecule has 0 aliphatic carbocycles. The van der Waals surface area contributed by atoms with Crippen molar-refractivity contribution < 1.29 is 4.79 Å². The monoisotopic (exact) mass is 201 g/mol. The van der Waals surface area contributed by atoms with Crippen molar-refractivity contribution >= 4 is 12.0 Å². The van der Waals surface area contributed by atoms with Gasteiger partial charge in [0.1, 0.15) is 6.29 Å². The maximum absolute atomic E-state index is 10.8. The van der Waals surface area contributed by atoms with Crippen molar-refractivity contribution in [2.75, 3.05) is 11.9 Å². The molecule has 2 nitrogen and oxygen atoms in total. The largest absolute Gasteiger partial charge is 0.348 e. The predicted molar refractivity (Wildman–Crippen MR) is 62.0 cm³/mol. The van der Waals surface area contributed by atoms with E-state index in [1.54, 1.807) is 0 Å². The number of likely N-dealkylation sites (N-methyl/N-ethyl adjacent to an activating group) is 1. The second kappa shape index (κ2) is 3.23. The molecule has 1 aromatic carbocycles. The molecule has 2 rings (SSSR count). The van der Waals surface area contributed by atoms with Gasteiger partial charge in [-0.1, -0.05) is 24.8 Å². The molecule has 2 heteroatoms. The molecule has 0 fully saturated rings. The van der Waals surface area contributed by atoms with Crippen LogP contribution >= 0.6 is 0 Å². The fraction of sp³-hybridized carbons (Fsp3) is 0.308. The van der Waals surface area contributed by atoms with Gasteiger partial charge in [0.2, 0.25) is 0 Å². The number of carbonyl (C=O) groups excluding carboxylic acids is 1. The maximum Gasteiger partial charge on any atom is 0.121 e. The van der Waals surface area contributed by atoms with Gasteiger partial charge >= 0.3 is 0 Å². The Balaban J connectivity index is 2.60. The quantitative estimate of drug-likeness (QED) is 0.685. The van der Waals surface area contributed by atoms with Gasteiger partial charge in [-0.3, -0.25) is 0 Å². The van der Waals surface area contributed by atoms with Crippen LogP contribution in [0.15, 0.2) is 36.5 Å². The third-order valence-corrected chi connectivity index (χ3v) is 3.39. The van der Waals surface area contributed by atoms with Gasteiger partial charge in [0.25, 0.3) is 0 Å². The minimum absolute atomic E-state index is 0.229. The summed E-state index contributed by atoms with van der Waals surface area (Å²) < 4.78 is 0. The zero-order valence-corrected chi connectivity index (χ0v) is 9.16. The number of nitrogens with zero attached hydrogens (tertiary/aromatic N) is 1.